The van der Waals surface area contributed by atoms with Gasteiger partial charge in [0.15, 0.2) is 0 Å². The molecule has 1 aliphatic rings. The van der Waals surface area contributed by atoms with Crippen LogP contribution in [-0.2, 0) is 27.5 Å². The van der Waals surface area contributed by atoms with Gasteiger partial charge in [0.2, 0.25) is 5.91 Å². The molecule has 3 aromatic heterocycles. The lowest BCUT2D eigenvalue weighted by molar-refractivity contribution is -0.149. The molecule has 7 nitrogen and oxygen atoms in total. The van der Waals surface area contributed by atoms with E-state index in [0.717, 1.165) is 5.65 Å². The van der Waals surface area contributed by atoms with Crippen LogP contribution in [0.25, 0.3) is 5.65 Å². The molecule has 1 fully saturated rings. The summed E-state index contributed by atoms with van der Waals surface area (Å²) in [6, 6.07) is 7.10. The lowest BCUT2D eigenvalue weighted by atomic mass is 10.1. The van der Waals surface area contributed by atoms with Crippen LogP contribution in [0.3, 0.4) is 0 Å². The van der Waals surface area contributed by atoms with Gasteiger partial charge in [0.1, 0.15) is 18.0 Å². The van der Waals surface area contributed by atoms with Crippen molar-refractivity contribution < 1.29 is 18.7 Å². The highest BCUT2D eigenvalue weighted by Gasteiger charge is 2.35. The molecule has 0 spiro atoms. The maximum Gasteiger partial charge on any atom is 0.311 e. The minimum atomic E-state index is -0.469. The monoisotopic (exact) mass is 373 g/mol. The van der Waals surface area contributed by atoms with E-state index in [-0.39, 0.29) is 18.9 Å². The van der Waals surface area contributed by atoms with Crippen LogP contribution in [-0.4, -0.2) is 32.7 Å². The molecule has 4 rings (SSSR count). The molecule has 0 radical (unpaired) electrons. The highest BCUT2D eigenvalue weighted by Crippen LogP contribution is 2.22. The number of nitrogens with zero attached hydrogens (tertiary/aromatic N) is 3. The van der Waals surface area contributed by atoms with Crippen molar-refractivity contribution >= 4 is 29.1 Å². The van der Waals surface area contributed by atoms with E-state index in [9.17, 15) is 9.59 Å². The molecule has 0 N–H and O–H groups in total. The number of hydrogen-bond acceptors (Lipinski definition) is 5. The van der Waals surface area contributed by atoms with Gasteiger partial charge in [0.05, 0.1) is 29.4 Å². The largest absolute Gasteiger partial charge is 0.467 e. The Bertz CT molecular complexity index is 951. The van der Waals surface area contributed by atoms with E-state index in [2.05, 4.69) is 4.98 Å². The Kier molecular flexibility index (Phi) is 4.38. The number of aromatic nitrogens is 2. The second-order valence-electron chi connectivity index (χ2n) is 6.21. The van der Waals surface area contributed by atoms with Gasteiger partial charge in [-0.3, -0.25) is 9.59 Å². The van der Waals surface area contributed by atoms with Crippen molar-refractivity contribution in [2.24, 2.45) is 5.92 Å². The molecule has 4 heterocycles. The Morgan fingerprint density at radius 3 is 3.04 bits per heavy atom. The lowest BCUT2D eigenvalue weighted by Crippen LogP contribution is -2.26. The number of esters is 1. The fraction of sp³-hybridized carbons (Fsp3) is 0.278. The van der Waals surface area contributed by atoms with Gasteiger partial charge < -0.3 is 18.5 Å². The van der Waals surface area contributed by atoms with Crippen molar-refractivity contribution in [3.63, 3.8) is 0 Å². The fourth-order valence-electron chi connectivity index (χ4n) is 3.02. The number of imidazole rings is 1. The Morgan fingerprint density at radius 1 is 1.35 bits per heavy atom. The van der Waals surface area contributed by atoms with E-state index in [4.69, 9.17) is 20.8 Å². The minimum absolute atomic E-state index is 0.0566. The molecule has 1 amide bonds. The van der Waals surface area contributed by atoms with Crippen molar-refractivity contribution in [1.82, 2.24) is 14.3 Å². The number of carbonyl (C=O) groups excluding carboxylic acids is 2. The number of hydrogen-bond donors (Lipinski definition) is 0. The van der Waals surface area contributed by atoms with Crippen LogP contribution in [0, 0.1) is 5.92 Å². The normalized spacial score (nSPS) is 17.2. The van der Waals surface area contributed by atoms with Crippen molar-refractivity contribution in [3.8, 4) is 0 Å². The summed E-state index contributed by atoms with van der Waals surface area (Å²) in [5.41, 5.74) is 1.35. The maximum absolute atomic E-state index is 12.3. The Labute approximate surface area is 154 Å². The van der Waals surface area contributed by atoms with Crippen molar-refractivity contribution in [2.45, 2.75) is 19.6 Å². The van der Waals surface area contributed by atoms with Gasteiger partial charge >= 0.3 is 5.97 Å². The van der Waals surface area contributed by atoms with Crippen LogP contribution in [0.1, 0.15) is 17.9 Å². The van der Waals surface area contributed by atoms with Crippen molar-refractivity contribution in [2.75, 3.05) is 6.54 Å². The van der Waals surface area contributed by atoms with Gasteiger partial charge in [-0.1, -0.05) is 11.6 Å². The number of halogens is 1. The molecule has 1 saturated heterocycles. The van der Waals surface area contributed by atoms with Gasteiger partial charge in [-0.15, -0.1) is 0 Å². The molecule has 1 aliphatic heterocycles. The zero-order chi connectivity index (χ0) is 18.1. The smallest absolute Gasteiger partial charge is 0.311 e. The first kappa shape index (κ1) is 16.7. The summed E-state index contributed by atoms with van der Waals surface area (Å²) in [7, 11) is 0. The molecule has 0 aromatic carbocycles. The third-order valence-electron chi connectivity index (χ3n) is 4.30. The van der Waals surface area contributed by atoms with Gasteiger partial charge in [0, 0.05) is 25.4 Å². The van der Waals surface area contributed by atoms with Crippen molar-refractivity contribution in [1.29, 1.82) is 0 Å². The molecular formula is C18H16ClN3O4. The first-order chi connectivity index (χ1) is 12.6. The zero-order valence-corrected chi connectivity index (χ0v) is 14.6. The predicted octanol–water partition coefficient (Wildman–Crippen LogP) is 2.67. The molecule has 3 aromatic rings. The fourth-order valence-corrected chi connectivity index (χ4v) is 3.19. The molecule has 0 aliphatic carbocycles. The molecule has 0 bridgehead atoms. The van der Waals surface area contributed by atoms with E-state index >= 15 is 0 Å². The van der Waals surface area contributed by atoms with Crippen LogP contribution in [0.2, 0.25) is 5.02 Å². The Balaban J connectivity index is 1.35. The summed E-state index contributed by atoms with van der Waals surface area (Å²) >= 11 is 5.94. The number of ether oxygens (including phenoxy) is 1. The third kappa shape index (κ3) is 3.43. The van der Waals surface area contributed by atoms with Crippen LogP contribution in [0.15, 0.2) is 47.3 Å². The van der Waals surface area contributed by atoms with E-state index in [1.807, 2.05) is 0 Å². The van der Waals surface area contributed by atoms with Gasteiger partial charge in [-0.05, 0) is 24.3 Å². The summed E-state index contributed by atoms with van der Waals surface area (Å²) in [5, 5.41) is 0.597. The van der Waals surface area contributed by atoms with Crippen LogP contribution in [0.5, 0.6) is 0 Å². The number of amides is 1. The van der Waals surface area contributed by atoms with E-state index < -0.39 is 11.9 Å². The second kappa shape index (κ2) is 6.84. The predicted molar refractivity (Wildman–Crippen MR) is 92.2 cm³/mol. The Hall–Kier alpha value is -2.80. The molecule has 8 heteroatoms. The molecular weight excluding hydrogens is 358 g/mol. The topological polar surface area (TPSA) is 77.1 Å². The zero-order valence-electron chi connectivity index (χ0n) is 13.8. The number of carbonyl (C=O) groups is 2. The molecule has 0 saturated carbocycles. The summed E-state index contributed by atoms with van der Waals surface area (Å²) in [6.45, 7) is 0.753. The highest BCUT2D eigenvalue weighted by molar-refractivity contribution is 6.30. The maximum atomic E-state index is 12.3. The summed E-state index contributed by atoms with van der Waals surface area (Å²) in [6.07, 6.45) is 5.21. The van der Waals surface area contributed by atoms with Crippen LogP contribution in [0.4, 0.5) is 0 Å². The number of rotatable bonds is 5. The van der Waals surface area contributed by atoms with Crippen molar-refractivity contribution in [3.05, 3.63) is 59.4 Å². The molecule has 134 valence electrons. The minimum Gasteiger partial charge on any atom is -0.467 e. The number of fused-ring (bicyclic) bond motifs is 1. The van der Waals surface area contributed by atoms with E-state index in [0.29, 0.717) is 29.6 Å². The second-order valence-corrected chi connectivity index (χ2v) is 6.64. The van der Waals surface area contributed by atoms with Crippen LogP contribution >= 0.6 is 11.6 Å². The summed E-state index contributed by atoms with van der Waals surface area (Å²) < 4.78 is 12.4. The van der Waals surface area contributed by atoms with Gasteiger partial charge in [0.25, 0.3) is 0 Å². The number of likely N-dealkylation sites (tertiary alicyclic amines) is 1. The highest BCUT2D eigenvalue weighted by atomic mass is 35.5. The average molecular weight is 374 g/mol. The number of furan rings is 1. The van der Waals surface area contributed by atoms with E-state index in [1.54, 1.807) is 52.2 Å². The number of pyridine rings is 1. The lowest BCUT2D eigenvalue weighted by Gasteiger charge is -2.14. The molecule has 26 heavy (non-hydrogen) atoms. The first-order valence-electron chi connectivity index (χ1n) is 8.18. The first-order valence-corrected chi connectivity index (χ1v) is 8.56. The summed E-state index contributed by atoms with van der Waals surface area (Å²) in [5.74, 6) is -0.249. The molecule has 1 atom stereocenters. The average Bonchev–Trinajstić information content (AvgIpc) is 3.33. The van der Waals surface area contributed by atoms with E-state index in [1.165, 1.54) is 0 Å². The van der Waals surface area contributed by atoms with Gasteiger partial charge in [-0.25, -0.2) is 4.98 Å². The SMILES string of the molecule is O=C(OCc1cn2cc(Cl)ccc2n1)[C@H]1CC(=O)N(Cc2ccco2)C1. The standard InChI is InChI=1S/C18H16ClN3O4/c19-13-3-4-16-20-14(9-21(16)8-13)11-26-18(24)12-6-17(23)22(7-12)10-15-2-1-5-25-15/h1-5,8-9,12H,6-7,10-11H2/t12-/m0/s1. The van der Waals surface area contributed by atoms with Gasteiger partial charge in [-0.2, -0.15) is 0 Å². The summed E-state index contributed by atoms with van der Waals surface area (Å²) in [4.78, 5) is 30.4. The quantitative estimate of drug-likeness (QED) is 0.642. The third-order valence-corrected chi connectivity index (χ3v) is 4.53. The Morgan fingerprint density at radius 2 is 2.23 bits per heavy atom. The molecule has 0 unspecified atom stereocenters. The van der Waals surface area contributed by atoms with Crippen LogP contribution < -0.4 is 0 Å².